The molecule has 0 aromatic heterocycles. The van der Waals surface area contributed by atoms with E-state index < -0.39 is 11.9 Å². The van der Waals surface area contributed by atoms with Gasteiger partial charge in [0.05, 0.1) is 13.2 Å². The Labute approximate surface area is 112 Å². The van der Waals surface area contributed by atoms with Crippen LogP contribution in [0, 0.1) is 11.7 Å². The first-order chi connectivity index (χ1) is 8.93. The minimum atomic E-state index is -0.563. The van der Waals surface area contributed by atoms with Crippen molar-refractivity contribution < 1.29 is 19.0 Å². The second kappa shape index (κ2) is 7.09. The summed E-state index contributed by atoms with van der Waals surface area (Å²) in [6.45, 7) is 4.08. The van der Waals surface area contributed by atoms with Crippen LogP contribution in [0.2, 0.25) is 0 Å². The fourth-order valence-electron chi connectivity index (χ4n) is 1.84. The van der Waals surface area contributed by atoms with Gasteiger partial charge >= 0.3 is 0 Å². The lowest BCUT2D eigenvalue weighted by molar-refractivity contribution is 0.0939. The minimum Gasteiger partial charge on any atom is -0.494 e. The van der Waals surface area contributed by atoms with Gasteiger partial charge in [-0.1, -0.05) is 6.92 Å². The predicted molar refractivity (Wildman–Crippen MR) is 70.7 cm³/mol. The highest BCUT2D eigenvalue weighted by molar-refractivity contribution is 5.94. The number of amides is 1. The third-order valence-electron chi connectivity index (χ3n) is 2.77. The lowest BCUT2D eigenvalue weighted by Gasteiger charge is -2.14. The molecule has 0 saturated carbocycles. The monoisotopic (exact) mass is 269 g/mol. The van der Waals surface area contributed by atoms with Gasteiger partial charge in [0.15, 0.2) is 11.6 Å². The maximum atomic E-state index is 13.4. The Morgan fingerprint density at radius 2 is 2.16 bits per heavy atom. The molecule has 0 aliphatic heterocycles. The van der Waals surface area contributed by atoms with Crippen LogP contribution in [0.15, 0.2) is 18.2 Å². The first kappa shape index (κ1) is 15.4. The Bertz CT molecular complexity index is 435. The van der Waals surface area contributed by atoms with Crippen molar-refractivity contribution in [3.63, 3.8) is 0 Å². The minimum absolute atomic E-state index is 0.110. The smallest absolute Gasteiger partial charge is 0.251 e. The Kier molecular flexibility index (Phi) is 5.76. The van der Waals surface area contributed by atoms with Crippen LogP contribution >= 0.6 is 0 Å². The van der Waals surface area contributed by atoms with Crippen molar-refractivity contribution in [1.82, 2.24) is 5.32 Å². The van der Waals surface area contributed by atoms with Crippen molar-refractivity contribution in [3.05, 3.63) is 29.6 Å². The first-order valence-corrected chi connectivity index (χ1v) is 6.23. The van der Waals surface area contributed by atoms with Crippen molar-refractivity contribution in [2.75, 3.05) is 13.7 Å². The molecule has 2 N–H and O–H groups in total. The molecule has 0 aliphatic carbocycles. The van der Waals surface area contributed by atoms with Crippen LogP contribution in [-0.2, 0) is 0 Å². The molecule has 0 fully saturated rings. The van der Waals surface area contributed by atoms with E-state index in [4.69, 9.17) is 4.74 Å². The SMILES string of the molecule is COc1ccc(C(=O)NCC(C)CC(C)O)cc1F. The van der Waals surface area contributed by atoms with Crippen LogP contribution in [-0.4, -0.2) is 30.8 Å². The maximum absolute atomic E-state index is 13.4. The number of halogens is 1. The van der Waals surface area contributed by atoms with E-state index >= 15 is 0 Å². The van der Waals surface area contributed by atoms with Crippen molar-refractivity contribution in [2.45, 2.75) is 26.4 Å². The molecule has 0 bridgehead atoms. The van der Waals surface area contributed by atoms with E-state index in [2.05, 4.69) is 5.32 Å². The second-order valence-corrected chi connectivity index (χ2v) is 4.75. The summed E-state index contributed by atoms with van der Waals surface area (Å²) in [6, 6.07) is 4.08. The molecule has 0 aliphatic rings. The zero-order valence-electron chi connectivity index (χ0n) is 11.4. The molecule has 1 rings (SSSR count). The van der Waals surface area contributed by atoms with Crippen molar-refractivity contribution in [3.8, 4) is 5.75 Å². The van der Waals surface area contributed by atoms with Crippen molar-refractivity contribution >= 4 is 5.91 Å². The number of rotatable bonds is 6. The van der Waals surface area contributed by atoms with Crippen LogP contribution in [0.3, 0.4) is 0 Å². The highest BCUT2D eigenvalue weighted by atomic mass is 19.1. The summed E-state index contributed by atoms with van der Waals surface area (Å²) < 4.78 is 18.2. The van der Waals surface area contributed by atoms with Crippen molar-refractivity contribution in [1.29, 1.82) is 0 Å². The van der Waals surface area contributed by atoms with Gasteiger partial charge in [-0.25, -0.2) is 4.39 Å². The molecule has 4 nitrogen and oxygen atoms in total. The zero-order chi connectivity index (χ0) is 14.4. The molecule has 0 heterocycles. The summed E-state index contributed by atoms with van der Waals surface area (Å²) in [6.07, 6.45) is 0.211. The molecule has 1 aromatic rings. The topological polar surface area (TPSA) is 58.6 Å². The fraction of sp³-hybridized carbons (Fsp3) is 0.500. The van der Waals surface area contributed by atoms with Gasteiger partial charge in [0, 0.05) is 12.1 Å². The summed E-state index contributed by atoms with van der Waals surface area (Å²) in [4.78, 5) is 11.8. The Morgan fingerprint density at radius 3 is 2.68 bits per heavy atom. The second-order valence-electron chi connectivity index (χ2n) is 4.75. The van der Waals surface area contributed by atoms with E-state index in [1.165, 1.54) is 19.2 Å². The number of carbonyl (C=O) groups is 1. The van der Waals surface area contributed by atoms with E-state index in [-0.39, 0.29) is 23.1 Å². The average Bonchev–Trinajstić information content (AvgIpc) is 2.35. The summed E-state index contributed by atoms with van der Waals surface area (Å²) in [5.41, 5.74) is 0.252. The van der Waals surface area contributed by atoms with Gasteiger partial charge in [0.2, 0.25) is 0 Å². The number of carbonyl (C=O) groups excluding carboxylic acids is 1. The first-order valence-electron chi connectivity index (χ1n) is 6.23. The highest BCUT2D eigenvalue weighted by Crippen LogP contribution is 2.17. The Morgan fingerprint density at radius 1 is 1.47 bits per heavy atom. The van der Waals surface area contributed by atoms with Crippen LogP contribution in [0.4, 0.5) is 4.39 Å². The number of aliphatic hydroxyl groups is 1. The molecule has 1 aromatic carbocycles. The normalized spacial score (nSPS) is 13.7. The number of benzene rings is 1. The van der Waals surface area contributed by atoms with E-state index in [0.29, 0.717) is 13.0 Å². The third kappa shape index (κ3) is 4.87. The van der Waals surface area contributed by atoms with Gasteiger partial charge in [0.25, 0.3) is 5.91 Å². The number of nitrogens with one attached hydrogen (secondary N) is 1. The largest absolute Gasteiger partial charge is 0.494 e. The molecule has 106 valence electrons. The standard InChI is InChI=1S/C14H20FNO3/c1-9(6-10(2)17)8-16-14(18)11-4-5-13(19-3)12(15)7-11/h4-5,7,9-10,17H,6,8H2,1-3H3,(H,16,18). The van der Waals surface area contributed by atoms with Gasteiger partial charge in [-0.2, -0.15) is 0 Å². The molecule has 0 spiro atoms. The molecular weight excluding hydrogens is 249 g/mol. The number of hydrogen-bond acceptors (Lipinski definition) is 3. The van der Waals surface area contributed by atoms with E-state index in [0.717, 1.165) is 6.07 Å². The molecule has 2 unspecified atom stereocenters. The van der Waals surface area contributed by atoms with E-state index in [9.17, 15) is 14.3 Å². The van der Waals surface area contributed by atoms with Crippen molar-refractivity contribution in [2.24, 2.45) is 5.92 Å². The summed E-state index contributed by atoms with van der Waals surface area (Å²) >= 11 is 0. The molecule has 19 heavy (non-hydrogen) atoms. The third-order valence-corrected chi connectivity index (χ3v) is 2.77. The van der Waals surface area contributed by atoms with Gasteiger partial charge < -0.3 is 15.2 Å². The molecule has 2 atom stereocenters. The summed E-state index contributed by atoms with van der Waals surface area (Å²) in [7, 11) is 1.37. The quantitative estimate of drug-likeness (QED) is 0.830. The lowest BCUT2D eigenvalue weighted by atomic mass is 10.0. The lowest BCUT2D eigenvalue weighted by Crippen LogP contribution is -2.29. The summed E-state index contributed by atoms with van der Waals surface area (Å²) in [5.74, 6) is -0.628. The van der Waals surface area contributed by atoms with Crippen LogP contribution in [0.5, 0.6) is 5.75 Å². The molecule has 5 heteroatoms. The van der Waals surface area contributed by atoms with Gasteiger partial charge in [0.1, 0.15) is 0 Å². The van der Waals surface area contributed by atoms with Gasteiger partial charge in [-0.05, 0) is 37.5 Å². The van der Waals surface area contributed by atoms with E-state index in [1.54, 1.807) is 6.92 Å². The van der Waals surface area contributed by atoms with Gasteiger partial charge in [-0.3, -0.25) is 4.79 Å². The fourth-order valence-corrected chi connectivity index (χ4v) is 1.84. The molecule has 1 amide bonds. The van der Waals surface area contributed by atoms with Crippen LogP contribution in [0.25, 0.3) is 0 Å². The molecular formula is C14H20FNO3. The van der Waals surface area contributed by atoms with Crippen LogP contribution in [0.1, 0.15) is 30.6 Å². The number of aliphatic hydroxyl groups excluding tert-OH is 1. The molecule has 0 saturated heterocycles. The maximum Gasteiger partial charge on any atom is 0.251 e. The number of hydrogen-bond donors (Lipinski definition) is 2. The number of ether oxygens (including phenoxy) is 1. The highest BCUT2D eigenvalue weighted by Gasteiger charge is 2.12. The predicted octanol–water partition coefficient (Wildman–Crippen LogP) is 1.97. The Balaban J connectivity index is 2.56. The number of methoxy groups -OCH3 is 1. The summed E-state index contributed by atoms with van der Waals surface area (Å²) in [5, 5.41) is 11.9. The zero-order valence-corrected chi connectivity index (χ0v) is 11.4. The van der Waals surface area contributed by atoms with Crippen LogP contribution < -0.4 is 10.1 Å². The Hall–Kier alpha value is -1.62. The van der Waals surface area contributed by atoms with E-state index in [1.807, 2.05) is 6.92 Å². The van der Waals surface area contributed by atoms with Gasteiger partial charge in [-0.15, -0.1) is 0 Å². The average molecular weight is 269 g/mol. The molecule has 0 radical (unpaired) electrons.